The van der Waals surface area contributed by atoms with Crippen LogP contribution in [0.2, 0.25) is 0 Å². The average molecular weight is 227 g/mol. The van der Waals surface area contributed by atoms with Crippen LogP contribution in [0.3, 0.4) is 0 Å². The second-order valence-electron chi connectivity index (χ2n) is 0.827. The van der Waals surface area contributed by atoms with Gasteiger partial charge < -0.3 is 20.1 Å². The van der Waals surface area contributed by atoms with Crippen LogP contribution in [0.25, 0.3) is 0 Å². The van der Waals surface area contributed by atoms with Gasteiger partial charge in [-0.3, -0.25) is 0 Å². The molecule has 0 spiro atoms. The zero-order chi connectivity index (χ0) is 5.15. The fourth-order valence-corrected chi connectivity index (χ4v) is 0. The molecule has 36 valence electrons. The summed E-state index contributed by atoms with van der Waals surface area (Å²) in [5, 5.41) is 30.7. The minimum Gasteiger partial charge on any atom is -0.429 e. The molecular weight excluding hydrogens is 223 g/mol. The predicted molar refractivity (Wildman–Crippen MR) is 26.1 cm³/mol. The summed E-state index contributed by atoms with van der Waals surface area (Å²) in [5.74, 6) is 0. The van der Waals surface area contributed by atoms with Crippen molar-refractivity contribution in [2.45, 2.75) is 0 Å². The van der Waals surface area contributed by atoms with Crippen molar-refractivity contribution in [1.29, 1.82) is 0 Å². The van der Waals surface area contributed by atoms with E-state index >= 15 is 0 Å². The van der Waals surface area contributed by atoms with Crippen LogP contribution in [0.15, 0.2) is 0 Å². The molecule has 0 bridgehead atoms. The van der Waals surface area contributed by atoms with E-state index in [-0.39, 0.29) is 48.9 Å². The molecule has 0 aliphatic rings. The Morgan fingerprint density at radius 1 is 0.714 bits per heavy atom. The molecular formula is H4B2BaO4. The molecule has 0 aromatic heterocycles. The molecule has 2 radical (unpaired) electrons. The molecule has 0 aliphatic heterocycles. The number of rotatable bonds is 1. The molecule has 7 heavy (non-hydrogen) atoms. The maximum absolute atomic E-state index is 7.69. The van der Waals surface area contributed by atoms with Crippen molar-refractivity contribution < 1.29 is 20.1 Å². The predicted octanol–water partition coefficient (Wildman–Crippen LogP) is -3.37. The minimum atomic E-state index is -2.04. The van der Waals surface area contributed by atoms with Crippen molar-refractivity contribution in [2.75, 3.05) is 0 Å². The molecule has 0 fully saturated rings. The van der Waals surface area contributed by atoms with Gasteiger partial charge in [-0.15, -0.1) is 0 Å². The normalized spacial score (nSPS) is 6.86. The summed E-state index contributed by atoms with van der Waals surface area (Å²) < 4.78 is 0. The van der Waals surface area contributed by atoms with E-state index in [0.29, 0.717) is 0 Å². The van der Waals surface area contributed by atoms with Crippen LogP contribution in [-0.2, 0) is 0 Å². The zero-order valence-corrected chi connectivity index (χ0v) is 8.09. The van der Waals surface area contributed by atoms with Gasteiger partial charge in [-0.2, -0.15) is 0 Å². The van der Waals surface area contributed by atoms with Gasteiger partial charge >= 0.3 is 14.0 Å². The Morgan fingerprint density at radius 3 is 0.857 bits per heavy atom. The van der Waals surface area contributed by atoms with Crippen LogP contribution < -0.4 is 0 Å². The minimum absolute atomic E-state index is 0. The first-order valence-electron chi connectivity index (χ1n) is 1.37. The molecule has 0 heterocycles. The van der Waals surface area contributed by atoms with E-state index < -0.39 is 14.0 Å². The third-order valence-electron chi connectivity index (χ3n) is 0.267. The second-order valence-corrected chi connectivity index (χ2v) is 0.827. The molecule has 0 amide bonds. The Morgan fingerprint density at radius 2 is 0.857 bits per heavy atom. The Kier molecular flexibility index (Phi) is 9.20. The summed E-state index contributed by atoms with van der Waals surface area (Å²) >= 11 is 0. The Bertz CT molecular complexity index is 30.7. The van der Waals surface area contributed by atoms with E-state index in [2.05, 4.69) is 0 Å². The molecule has 0 unspecified atom stereocenters. The first kappa shape index (κ1) is 11.4. The molecule has 0 rings (SSSR count). The molecule has 7 heteroatoms. The summed E-state index contributed by atoms with van der Waals surface area (Å²) in [7, 11) is -4.07. The van der Waals surface area contributed by atoms with Crippen LogP contribution in [-0.4, -0.2) is 83.0 Å². The van der Waals surface area contributed by atoms with Gasteiger partial charge in [-0.25, -0.2) is 0 Å². The average Bonchev–Trinajstić information content (AvgIpc) is 1.36. The van der Waals surface area contributed by atoms with E-state index in [0.717, 1.165) is 0 Å². The summed E-state index contributed by atoms with van der Waals surface area (Å²) in [6, 6.07) is 0. The van der Waals surface area contributed by atoms with Crippen LogP contribution in [0.1, 0.15) is 0 Å². The monoisotopic (exact) mass is 228 g/mol. The summed E-state index contributed by atoms with van der Waals surface area (Å²) in [5.41, 5.74) is 0. The summed E-state index contributed by atoms with van der Waals surface area (Å²) in [6.07, 6.45) is 0. The third-order valence-corrected chi connectivity index (χ3v) is 0.267. The van der Waals surface area contributed by atoms with Gasteiger partial charge in [-0.05, 0) is 0 Å². The fraction of sp³-hybridized carbons (Fsp3) is 0. The van der Waals surface area contributed by atoms with Gasteiger partial charge in [0.2, 0.25) is 0 Å². The largest absolute Gasteiger partial charge is 0.482 e. The van der Waals surface area contributed by atoms with Crippen molar-refractivity contribution in [1.82, 2.24) is 0 Å². The smallest absolute Gasteiger partial charge is 0.429 e. The van der Waals surface area contributed by atoms with Crippen molar-refractivity contribution in [3.05, 3.63) is 0 Å². The molecule has 4 nitrogen and oxygen atoms in total. The van der Waals surface area contributed by atoms with Gasteiger partial charge in [0.1, 0.15) is 0 Å². The van der Waals surface area contributed by atoms with E-state index in [1.807, 2.05) is 0 Å². The fourth-order valence-electron chi connectivity index (χ4n) is 0. The first-order chi connectivity index (χ1) is 2.64. The molecule has 4 N–H and O–H groups in total. The quantitative estimate of drug-likeness (QED) is 0.352. The van der Waals surface area contributed by atoms with Crippen LogP contribution in [0.4, 0.5) is 0 Å². The van der Waals surface area contributed by atoms with E-state index in [1.54, 1.807) is 0 Å². The molecule has 0 saturated heterocycles. The summed E-state index contributed by atoms with van der Waals surface area (Å²) in [6.45, 7) is 0. The maximum Gasteiger partial charge on any atom is 0.482 e. The van der Waals surface area contributed by atoms with Crippen molar-refractivity contribution >= 4 is 62.9 Å². The zero-order valence-electron chi connectivity index (χ0n) is 3.65. The maximum atomic E-state index is 7.69. The summed E-state index contributed by atoms with van der Waals surface area (Å²) in [4.78, 5) is 0. The van der Waals surface area contributed by atoms with E-state index in [1.165, 1.54) is 0 Å². The number of hydrogen-bond acceptors (Lipinski definition) is 4. The molecule has 0 aromatic carbocycles. The third kappa shape index (κ3) is 7.54. The molecule has 0 aromatic rings. The van der Waals surface area contributed by atoms with Gasteiger partial charge in [0.05, 0.1) is 0 Å². The van der Waals surface area contributed by atoms with Crippen LogP contribution in [0.5, 0.6) is 0 Å². The van der Waals surface area contributed by atoms with Gasteiger partial charge in [-0.1, -0.05) is 0 Å². The standard InChI is InChI=1S/B2H4O4.Ba/c3-1(4)2(5)6;/h3-6H;. The Balaban J connectivity index is 0. The second kappa shape index (κ2) is 5.67. The topological polar surface area (TPSA) is 80.9 Å². The van der Waals surface area contributed by atoms with Crippen LogP contribution in [0, 0.1) is 0 Å². The van der Waals surface area contributed by atoms with E-state index in [9.17, 15) is 0 Å². The van der Waals surface area contributed by atoms with Gasteiger partial charge in [0, 0.05) is 48.9 Å². The van der Waals surface area contributed by atoms with Gasteiger partial charge in [0.15, 0.2) is 0 Å². The Labute approximate surface area is 81.9 Å². The van der Waals surface area contributed by atoms with Crippen molar-refractivity contribution in [3.63, 3.8) is 0 Å². The molecule has 0 aliphatic carbocycles. The first-order valence-corrected chi connectivity index (χ1v) is 1.37. The van der Waals surface area contributed by atoms with Crippen molar-refractivity contribution in [2.24, 2.45) is 0 Å². The van der Waals surface area contributed by atoms with E-state index in [4.69, 9.17) is 20.1 Å². The van der Waals surface area contributed by atoms with Crippen molar-refractivity contribution in [3.8, 4) is 0 Å². The van der Waals surface area contributed by atoms with Crippen LogP contribution >= 0.6 is 0 Å². The molecule has 0 saturated carbocycles. The SMILES string of the molecule is OB(O)B(O)O.[Ba]. The Hall–Kier alpha value is 1.54. The molecule has 0 atom stereocenters. The van der Waals surface area contributed by atoms with Gasteiger partial charge in [0.25, 0.3) is 0 Å². The number of hydrogen-bond donors (Lipinski definition) is 4.